The van der Waals surface area contributed by atoms with Crippen molar-refractivity contribution in [2.75, 3.05) is 5.73 Å². The molecule has 0 spiro atoms. The van der Waals surface area contributed by atoms with E-state index in [1.807, 2.05) is 6.07 Å². The van der Waals surface area contributed by atoms with Gasteiger partial charge in [-0.15, -0.1) is 0 Å². The lowest BCUT2D eigenvalue weighted by Gasteiger charge is -2.13. The van der Waals surface area contributed by atoms with Crippen molar-refractivity contribution >= 4 is 16.9 Å². The molecule has 0 saturated heterocycles. The zero-order chi connectivity index (χ0) is 18.9. The Balaban J connectivity index is 2.27. The van der Waals surface area contributed by atoms with E-state index in [4.69, 9.17) is 11.0 Å². The van der Waals surface area contributed by atoms with Crippen molar-refractivity contribution in [1.29, 1.82) is 5.26 Å². The maximum atomic E-state index is 12.8. The van der Waals surface area contributed by atoms with Crippen LogP contribution in [0.25, 0.3) is 22.4 Å². The van der Waals surface area contributed by atoms with Crippen molar-refractivity contribution in [3.05, 3.63) is 52.4 Å². The third kappa shape index (κ3) is 3.35. The van der Waals surface area contributed by atoms with Crippen molar-refractivity contribution in [3.8, 4) is 17.3 Å². The highest BCUT2D eigenvalue weighted by Gasteiger charge is 2.28. The van der Waals surface area contributed by atoms with Gasteiger partial charge in [-0.1, -0.05) is 12.1 Å². The summed E-state index contributed by atoms with van der Waals surface area (Å²) in [6.45, 7) is -0.608. The fraction of sp³-hybridized carbons (Fsp3) is 0.176. The Hall–Kier alpha value is -3.41. The molecule has 2 N–H and O–H groups in total. The average molecular weight is 359 g/mol. The predicted octanol–water partition coefficient (Wildman–Crippen LogP) is 2.86. The Kier molecular flexibility index (Phi) is 4.34. The molecule has 2 aromatic heterocycles. The van der Waals surface area contributed by atoms with Crippen molar-refractivity contribution < 1.29 is 13.2 Å². The average Bonchev–Trinajstić information content (AvgIpc) is 2.60. The first kappa shape index (κ1) is 17.4. The van der Waals surface area contributed by atoms with E-state index in [2.05, 4.69) is 9.97 Å². The summed E-state index contributed by atoms with van der Waals surface area (Å²) in [7, 11) is 0. The number of aromatic nitrogens is 3. The van der Waals surface area contributed by atoms with Crippen LogP contribution >= 0.6 is 0 Å². The Morgan fingerprint density at radius 3 is 2.73 bits per heavy atom. The van der Waals surface area contributed by atoms with Crippen LogP contribution in [0.3, 0.4) is 0 Å². The molecule has 0 aliphatic heterocycles. The summed E-state index contributed by atoms with van der Waals surface area (Å²) in [5.74, 6) is 0. The van der Waals surface area contributed by atoms with Crippen molar-refractivity contribution in [3.63, 3.8) is 0 Å². The van der Waals surface area contributed by atoms with Gasteiger partial charge >= 0.3 is 6.18 Å². The van der Waals surface area contributed by atoms with Gasteiger partial charge in [-0.25, -0.2) is 9.97 Å². The molecule has 0 aliphatic rings. The minimum absolute atomic E-state index is 0.0144. The molecule has 0 amide bonds. The van der Waals surface area contributed by atoms with Gasteiger partial charge in [-0.05, 0) is 18.2 Å². The molecule has 132 valence electrons. The Morgan fingerprint density at radius 1 is 1.27 bits per heavy atom. The minimum atomic E-state index is -4.43. The maximum absolute atomic E-state index is 12.8. The number of nitrogens with two attached hydrogens (primary N) is 1. The van der Waals surface area contributed by atoms with Crippen LogP contribution in [0.15, 0.2) is 41.3 Å². The summed E-state index contributed by atoms with van der Waals surface area (Å²) < 4.78 is 38.9. The van der Waals surface area contributed by atoms with Gasteiger partial charge in [0.2, 0.25) is 0 Å². The molecule has 0 fully saturated rings. The topological polar surface area (TPSA) is 97.6 Å². The van der Waals surface area contributed by atoms with Gasteiger partial charge in [-0.2, -0.15) is 18.4 Å². The first-order chi connectivity index (χ1) is 12.3. The molecular weight excluding hydrogens is 347 g/mol. The second-order valence-electron chi connectivity index (χ2n) is 5.55. The van der Waals surface area contributed by atoms with Crippen LogP contribution in [0.4, 0.5) is 18.9 Å². The number of halogens is 3. The van der Waals surface area contributed by atoms with E-state index in [1.54, 1.807) is 18.2 Å². The predicted molar refractivity (Wildman–Crippen MR) is 89.0 cm³/mol. The quantitative estimate of drug-likeness (QED) is 0.775. The lowest BCUT2D eigenvalue weighted by molar-refractivity contribution is -0.136. The summed E-state index contributed by atoms with van der Waals surface area (Å²) in [6, 6.07) is 9.49. The van der Waals surface area contributed by atoms with Crippen LogP contribution in [-0.4, -0.2) is 20.7 Å². The number of nitriles is 1. The molecule has 3 aromatic rings. The Labute approximate surface area is 145 Å². The number of nitrogens with zero attached hydrogens (tertiary/aromatic N) is 4. The van der Waals surface area contributed by atoms with E-state index in [0.717, 1.165) is 4.57 Å². The Bertz CT molecular complexity index is 1080. The van der Waals surface area contributed by atoms with Crippen LogP contribution in [0, 0.1) is 11.3 Å². The lowest BCUT2D eigenvalue weighted by atomic mass is 10.1. The highest BCUT2D eigenvalue weighted by atomic mass is 19.4. The second kappa shape index (κ2) is 6.48. The Morgan fingerprint density at radius 2 is 2.04 bits per heavy atom. The fourth-order valence-electron chi connectivity index (χ4n) is 2.52. The third-order valence-electron chi connectivity index (χ3n) is 3.75. The van der Waals surface area contributed by atoms with E-state index in [1.165, 1.54) is 18.3 Å². The number of hydrogen-bond acceptors (Lipinski definition) is 5. The first-order valence-electron chi connectivity index (χ1n) is 7.52. The second-order valence-corrected chi connectivity index (χ2v) is 5.55. The maximum Gasteiger partial charge on any atom is 0.390 e. The molecule has 9 heteroatoms. The van der Waals surface area contributed by atoms with E-state index >= 15 is 0 Å². The van der Waals surface area contributed by atoms with Gasteiger partial charge in [-0.3, -0.25) is 9.36 Å². The zero-order valence-corrected chi connectivity index (χ0v) is 13.3. The van der Waals surface area contributed by atoms with Crippen LogP contribution in [0.5, 0.6) is 0 Å². The standard InChI is InChI=1S/C17H12F3N5O/c18-17(19,20)5-7-25-15-14(12(22)4-6-23-15)24-13(16(25)26)11-3-1-2-10(8-11)9-21/h1-4,6,8H,5,7H2,(H2,22,23). The molecule has 1 aromatic carbocycles. The molecule has 6 nitrogen and oxygen atoms in total. The molecule has 0 atom stereocenters. The van der Waals surface area contributed by atoms with Gasteiger partial charge in [0.05, 0.1) is 23.7 Å². The van der Waals surface area contributed by atoms with Crippen LogP contribution in [0.1, 0.15) is 12.0 Å². The largest absolute Gasteiger partial charge is 0.397 e. The molecule has 0 bridgehead atoms. The highest BCUT2D eigenvalue weighted by molar-refractivity contribution is 5.85. The summed E-state index contributed by atoms with van der Waals surface area (Å²) in [4.78, 5) is 21.0. The summed E-state index contributed by atoms with van der Waals surface area (Å²) in [5, 5.41) is 9.01. The minimum Gasteiger partial charge on any atom is -0.397 e. The number of pyridine rings is 1. The van der Waals surface area contributed by atoms with E-state index < -0.39 is 24.7 Å². The summed E-state index contributed by atoms with van der Waals surface area (Å²) in [6.07, 6.45) is -4.32. The number of benzene rings is 1. The molecule has 0 radical (unpaired) electrons. The number of nitrogen functional groups attached to an aromatic ring is 1. The molecule has 26 heavy (non-hydrogen) atoms. The normalized spacial score (nSPS) is 11.5. The molecular formula is C17H12F3N5O. The lowest BCUT2D eigenvalue weighted by Crippen LogP contribution is -2.27. The first-order valence-corrected chi connectivity index (χ1v) is 7.52. The number of anilines is 1. The number of hydrogen-bond donors (Lipinski definition) is 1. The summed E-state index contributed by atoms with van der Waals surface area (Å²) >= 11 is 0. The van der Waals surface area contributed by atoms with Gasteiger partial charge in [0.25, 0.3) is 5.56 Å². The smallest absolute Gasteiger partial charge is 0.390 e. The number of aryl methyl sites for hydroxylation is 1. The molecule has 0 saturated carbocycles. The van der Waals surface area contributed by atoms with Gasteiger partial charge in [0.1, 0.15) is 11.2 Å². The molecule has 2 heterocycles. The molecule has 0 unspecified atom stereocenters. The van der Waals surface area contributed by atoms with E-state index in [9.17, 15) is 18.0 Å². The number of fused-ring (bicyclic) bond motifs is 1. The van der Waals surface area contributed by atoms with Crippen molar-refractivity contribution in [2.45, 2.75) is 19.1 Å². The fourth-order valence-corrected chi connectivity index (χ4v) is 2.52. The van der Waals surface area contributed by atoms with Gasteiger partial charge in [0, 0.05) is 18.3 Å². The third-order valence-corrected chi connectivity index (χ3v) is 3.75. The van der Waals surface area contributed by atoms with Crippen LogP contribution in [0.2, 0.25) is 0 Å². The highest BCUT2D eigenvalue weighted by Crippen LogP contribution is 2.24. The SMILES string of the molecule is N#Cc1cccc(-c2nc3c(N)ccnc3n(CCC(F)(F)F)c2=O)c1. The van der Waals surface area contributed by atoms with Gasteiger partial charge < -0.3 is 5.73 Å². The van der Waals surface area contributed by atoms with Gasteiger partial charge in [0.15, 0.2) is 5.65 Å². The zero-order valence-electron chi connectivity index (χ0n) is 13.3. The monoisotopic (exact) mass is 359 g/mol. The van der Waals surface area contributed by atoms with E-state index in [-0.39, 0.29) is 22.5 Å². The van der Waals surface area contributed by atoms with Crippen LogP contribution < -0.4 is 11.3 Å². The summed E-state index contributed by atoms with van der Waals surface area (Å²) in [5.41, 5.74) is 5.97. The van der Waals surface area contributed by atoms with Crippen molar-refractivity contribution in [1.82, 2.24) is 14.5 Å². The molecule has 3 rings (SSSR count). The van der Waals surface area contributed by atoms with Crippen LogP contribution in [-0.2, 0) is 6.54 Å². The number of alkyl halides is 3. The van der Waals surface area contributed by atoms with Crippen molar-refractivity contribution in [2.24, 2.45) is 0 Å². The molecule has 0 aliphatic carbocycles. The van der Waals surface area contributed by atoms with E-state index in [0.29, 0.717) is 11.1 Å². The number of rotatable bonds is 3.